The van der Waals surface area contributed by atoms with Gasteiger partial charge in [0.25, 0.3) is 0 Å². The number of carbonyl (C=O) groups excluding carboxylic acids is 2. The molecule has 6 nitrogen and oxygen atoms in total. The number of benzene rings is 1. The topological polar surface area (TPSA) is 129 Å². The van der Waals surface area contributed by atoms with Gasteiger partial charge in [0.1, 0.15) is 5.75 Å². The summed E-state index contributed by atoms with van der Waals surface area (Å²) in [5, 5.41) is 10.5. The molecule has 0 fully saturated rings. The Labute approximate surface area is 114 Å². The van der Waals surface area contributed by atoms with E-state index in [0.29, 0.717) is 0 Å². The first kappa shape index (κ1) is 20.5. The van der Waals surface area contributed by atoms with Crippen LogP contribution in [0.2, 0.25) is 0 Å². The fraction of sp³-hybridized carbons (Fsp3) is 0.111. The Kier molecular flexibility index (Phi) is 11.9. The molecule has 0 atom stereocenters. The van der Waals surface area contributed by atoms with Crippen molar-refractivity contribution in [3.8, 4) is 5.75 Å². The number of hydrogen-bond acceptors (Lipinski definition) is 4. The fourth-order valence-corrected chi connectivity index (χ4v) is 0.879. The van der Waals surface area contributed by atoms with Gasteiger partial charge < -0.3 is 25.6 Å². The molecule has 1 aromatic rings. The van der Waals surface area contributed by atoms with Crippen LogP contribution in [0.5, 0.6) is 5.75 Å². The Morgan fingerprint density at radius 3 is 2.12 bits per heavy atom. The van der Waals surface area contributed by atoms with Crippen LogP contribution in [0, 0.1) is 0 Å². The first-order chi connectivity index (χ1) is 6.11. The summed E-state index contributed by atoms with van der Waals surface area (Å²) in [6.07, 6.45) is 0. The fourth-order valence-electron chi connectivity index (χ4n) is 0.879. The van der Waals surface area contributed by atoms with Gasteiger partial charge in [0.2, 0.25) is 0 Å². The van der Waals surface area contributed by atoms with Gasteiger partial charge in [-0.15, -0.1) is 0 Å². The molecule has 4 N–H and O–H groups in total. The molecule has 84 valence electrons. The van der Waals surface area contributed by atoms with E-state index in [-0.39, 0.29) is 51.8 Å². The summed E-state index contributed by atoms with van der Waals surface area (Å²) in [6.45, 7) is 1.20. The third-order valence-corrected chi connectivity index (χ3v) is 1.36. The maximum absolute atomic E-state index is 10.6. The third-order valence-electron chi connectivity index (χ3n) is 1.36. The summed E-state index contributed by atoms with van der Waals surface area (Å²) in [7, 11) is 0. The number of ether oxygens (including phenoxy) is 1. The molecule has 0 aliphatic carbocycles. The molecule has 0 saturated heterocycles. The van der Waals surface area contributed by atoms with Gasteiger partial charge in [-0.1, -0.05) is 12.1 Å². The zero-order valence-electron chi connectivity index (χ0n) is 8.94. The first-order valence-corrected chi connectivity index (χ1v) is 3.60. The number of aromatic carboxylic acids is 1. The van der Waals surface area contributed by atoms with Crippen molar-refractivity contribution in [2.24, 2.45) is 0 Å². The molecule has 0 bridgehead atoms. The van der Waals surface area contributed by atoms with Crippen molar-refractivity contribution in [1.29, 1.82) is 0 Å². The minimum Gasteiger partial charge on any atom is -0.545 e. The van der Waals surface area contributed by atoms with Crippen LogP contribution in [0.15, 0.2) is 24.3 Å². The molecule has 7 heteroatoms. The van der Waals surface area contributed by atoms with Crippen LogP contribution in [0.1, 0.15) is 17.3 Å². The Bertz CT molecular complexity index is 352. The predicted octanol–water partition coefficient (Wildman–Crippen LogP) is -4.67. The Morgan fingerprint density at radius 1 is 1.19 bits per heavy atom. The van der Waals surface area contributed by atoms with E-state index in [1.807, 2.05) is 0 Å². The zero-order valence-corrected chi connectivity index (χ0v) is 10.9. The summed E-state index contributed by atoms with van der Waals surface area (Å²) < 4.78 is 4.65. The molecule has 0 aromatic heterocycles. The molecule has 16 heavy (non-hydrogen) atoms. The second-order valence-electron chi connectivity index (χ2n) is 2.38. The number of carbonyl (C=O) groups is 2. The average molecular weight is 238 g/mol. The second-order valence-corrected chi connectivity index (χ2v) is 2.38. The number of esters is 1. The van der Waals surface area contributed by atoms with Gasteiger partial charge in [0.15, 0.2) is 0 Å². The van der Waals surface area contributed by atoms with Crippen molar-refractivity contribution in [2.75, 3.05) is 0 Å². The van der Waals surface area contributed by atoms with E-state index in [0.717, 1.165) is 0 Å². The molecule has 0 aliphatic rings. The molecule has 0 amide bonds. The number of carboxylic acid groups (broad SMARTS) is 1. The van der Waals surface area contributed by atoms with Crippen molar-refractivity contribution in [3.63, 3.8) is 0 Å². The van der Waals surface area contributed by atoms with Gasteiger partial charge in [0, 0.05) is 12.5 Å². The van der Waals surface area contributed by atoms with Crippen molar-refractivity contribution >= 4 is 11.9 Å². The summed E-state index contributed by atoms with van der Waals surface area (Å²) in [6, 6.07) is 5.81. The number of para-hydroxylation sites is 1. The van der Waals surface area contributed by atoms with Crippen LogP contribution in [0.4, 0.5) is 0 Å². The Hall–Kier alpha value is -0.920. The van der Waals surface area contributed by atoms with Crippen LogP contribution >= 0.6 is 0 Å². The van der Waals surface area contributed by atoms with Crippen LogP contribution in [-0.4, -0.2) is 22.9 Å². The van der Waals surface area contributed by atoms with Crippen LogP contribution in [0.3, 0.4) is 0 Å². The minimum atomic E-state index is -1.36. The maximum atomic E-state index is 10.6. The Balaban J connectivity index is -0.000000563. The predicted molar refractivity (Wildman–Crippen MR) is 49.3 cm³/mol. The van der Waals surface area contributed by atoms with Gasteiger partial charge in [-0.2, -0.15) is 0 Å². The summed E-state index contributed by atoms with van der Waals surface area (Å²) in [5.41, 5.74) is -0.127. The normalized spacial score (nSPS) is 7.56. The van der Waals surface area contributed by atoms with Crippen LogP contribution in [0.25, 0.3) is 0 Å². The molecule has 0 heterocycles. The van der Waals surface area contributed by atoms with E-state index in [1.54, 1.807) is 6.07 Å². The van der Waals surface area contributed by atoms with Crippen molar-refractivity contribution in [2.45, 2.75) is 6.92 Å². The van der Waals surface area contributed by atoms with E-state index in [9.17, 15) is 14.7 Å². The van der Waals surface area contributed by atoms with Gasteiger partial charge in [-0.25, -0.2) is 0 Å². The van der Waals surface area contributed by atoms with Crippen molar-refractivity contribution in [3.05, 3.63) is 29.8 Å². The monoisotopic (exact) mass is 238 g/mol. The smallest absolute Gasteiger partial charge is 0.545 e. The molecular formula is C9H11NaO6. The third kappa shape index (κ3) is 5.84. The quantitative estimate of drug-likeness (QED) is 0.291. The van der Waals surface area contributed by atoms with Gasteiger partial charge in [0.05, 0.1) is 5.97 Å². The molecule has 0 unspecified atom stereocenters. The molecule has 1 rings (SSSR count). The number of carboxylic acids is 1. The summed E-state index contributed by atoms with van der Waals surface area (Å²) >= 11 is 0. The first-order valence-electron chi connectivity index (χ1n) is 3.60. The molecular weight excluding hydrogens is 227 g/mol. The van der Waals surface area contributed by atoms with E-state index in [2.05, 4.69) is 4.74 Å². The van der Waals surface area contributed by atoms with Crippen LogP contribution < -0.4 is 39.4 Å². The number of rotatable bonds is 2. The zero-order chi connectivity index (χ0) is 9.84. The summed E-state index contributed by atoms with van der Waals surface area (Å²) in [4.78, 5) is 21.1. The van der Waals surface area contributed by atoms with E-state index in [4.69, 9.17) is 0 Å². The molecule has 0 radical (unpaired) electrons. The van der Waals surface area contributed by atoms with Crippen LogP contribution in [-0.2, 0) is 4.79 Å². The summed E-state index contributed by atoms with van der Waals surface area (Å²) in [5.74, 6) is -1.92. The maximum Gasteiger partial charge on any atom is 1.00 e. The standard InChI is InChI=1S/C9H8O4.Na.2H2O/c1-6(10)13-8-5-3-2-4-7(8)9(11)12;;;/h2-5H,1H3,(H,11,12);;2*1H2/q;+1;;/p-1. The van der Waals surface area contributed by atoms with Gasteiger partial charge in [-0.3, -0.25) is 4.79 Å². The van der Waals surface area contributed by atoms with Gasteiger partial charge in [-0.05, 0) is 12.1 Å². The largest absolute Gasteiger partial charge is 1.00 e. The molecule has 1 aromatic carbocycles. The average Bonchev–Trinajstić information content (AvgIpc) is 2.03. The Morgan fingerprint density at radius 2 is 1.69 bits per heavy atom. The van der Waals surface area contributed by atoms with Crippen molar-refractivity contribution < 1.29 is 59.9 Å². The van der Waals surface area contributed by atoms with Gasteiger partial charge >= 0.3 is 35.5 Å². The molecule has 0 aliphatic heterocycles. The molecule has 0 saturated carbocycles. The second kappa shape index (κ2) is 9.32. The van der Waals surface area contributed by atoms with E-state index >= 15 is 0 Å². The van der Waals surface area contributed by atoms with Crippen molar-refractivity contribution in [1.82, 2.24) is 0 Å². The minimum absolute atomic E-state index is 0. The SMILES string of the molecule is CC(=O)Oc1ccccc1C(=O)[O-].O.O.[Na+]. The van der Waals surface area contributed by atoms with E-state index < -0.39 is 11.9 Å². The van der Waals surface area contributed by atoms with E-state index in [1.165, 1.54) is 25.1 Å². The number of hydrogen-bond donors (Lipinski definition) is 0. The molecule has 0 spiro atoms.